The molecule has 1 unspecified atom stereocenters. The van der Waals surface area contributed by atoms with E-state index in [0.717, 1.165) is 50.8 Å². The van der Waals surface area contributed by atoms with E-state index in [0.29, 0.717) is 48.3 Å². The van der Waals surface area contributed by atoms with Gasteiger partial charge in [0, 0.05) is 36.6 Å². The van der Waals surface area contributed by atoms with Gasteiger partial charge in [-0.15, -0.1) is 0 Å². The average molecular weight is 613 g/mol. The van der Waals surface area contributed by atoms with Crippen molar-refractivity contribution in [1.82, 2.24) is 19.8 Å². The Balaban J connectivity index is 1.20. The molecular formula is C35H38F2N6O2. The van der Waals surface area contributed by atoms with Crippen LogP contribution in [0.1, 0.15) is 55.6 Å². The molecule has 0 bridgehead atoms. The van der Waals surface area contributed by atoms with Crippen LogP contribution in [0.5, 0.6) is 6.01 Å². The molecule has 4 atom stereocenters. The largest absolute Gasteiger partial charge is 0.461 e. The number of anilines is 1. The van der Waals surface area contributed by atoms with E-state index < -0.39 is 23.9 Å². The molecular weight excluding hydrogens is 574 g/mol. The molecule has 10 heteroatoms. The van der Waals surface area contributed by atoms with E-state index in [1.165, 1.54) is 17.5 Å². The van der Waals surface area contributed by atoms with Gasteiger partial charge in [0.2, 0.25) is 0 Å². The molecule has 0 spiro atoms. The van der Waals surface area contributed by atoms with Crippen molar-refractivity contribution in [2.45, 2.75) is 68.7 Å². The minimum Gasteiger partial charge on any atom is -0.461 e. The van der Waals surface area contributed by atoms with Crippen LogP contribution in [-0.2, 0) is 6.42 Å². The Kier molecular flexibility index (Phi) is 7.04. The summed E-state index contributed by atoms with van der Waals surface area (Å²) in [5.41, 5.74) is 4.25. The molecule has 3 saturated heterocycles. The lowest BCUT2D eigenvalue weighted by Gasteiger charge is -2.43. The highest BCUT2D eigenvalue weighted by atomic mass is 19.1. The van der Waals surface area contributed by atoms with Crippen LogP contribution in [-0.4, -0.2) is 82.0 Å². The molecule has 1 aromatic heterocycles. The second kappa shape index (κ2) is 11.0. The number of piperazine rings is 1. The van der Waals surface area contributed by atoms with E-state index in [-0.39, 0.29) is 30.0 Å². The molecule has 2 aromatic carbocycles. The monoisotopic (exact) mass is 612 g/mol. The van der Waals surface area contributed by atoms with Crippen LogP contribution in [0.2, 0.25) is 0 Å². The molecule has 234 valence electrons. The summed E-state index contributed by atoms with van der Waals surface area (Å²) in [7, 11) is 0. The number of nitrogens with zero attached hydrogens (tertiary/aromatic N) is 6. The quantitative estimate of drug-likeness (QED) is 0.366. The fraction of sp³-hybridized carbons (Fsp3) is 0.514. The summed E-state index contributed by atoms with van der Waals surface area (Å²) in [5, 5.41) is 20.6. The number of hydrogen-bond donors (Lipinski definition) is 1. The summed E-state index contributed by atoms with van der Waals surface area (Å²) in [6.07, 6.45) is 5.21. The number of aliphatic hydroxyl groups excluding tert-OH is 1. The Morgan fingerprint density at radius 1 is 1.13 bits per heavy atom. The van der Waals surface area contributed by atoms with Crippen LogP contribution in [0.4, 0.5) is 14.6 Å². The zero-order valence-corrected chi connectivity index (χ0v) is 25.4. The number of nitriles is 1. The zero-order valence-electron chi connectivity index (χ0n) is 25.4. The zero-order chi connectivity index (χ0) is 30.9. The average Bonchev–Trinajstić information content (AvgIpc) is 3.32. The Labute approximate surface area is 261 Å². The van der Waals surface area contributed by atoms with Gasteiger partial charge >= 0.3 is 6.01 Å². The molecule has 0 amide bonds. The van der Waals surface area contributed by atoms with Gasteiger partial charge in [-0.25, -0.2) is 8.78 Å². The van der Waals surface area contributed by atoms with Gasteiger partial charge in [0.15, 0.2) is 12.0 Å². The second-order valence-corrected chi connectivity index (χ2v) is 13.6. The predicted octanol–water partition coefficient (Wildman–Crippen LogP) is 5.31. The number of hydrogen-bond acceptors (Lipinski definition) is 8. The maximum Gasteiger partial charge on any atom is 0.319 e. The summed E-state index contributed by atoms with van der Waals surface area (Å²) < 4.78 is 37.1. The molecule has 3 aromatic rings. The number of fused-ring (bicyclic) bond motifs is 5. The number of aromatic nitrogens is 2. The molecule has 3 aliphatic heterocycles. The molecule has 5 aliphatic rings. The standard InChI is InChI=1S/C35H38F2N6O2/c1-21(36)33(44)43-16-15-41(19-24(43)9-12-38)32-27-8-7-26(25-6-2-5-22-17-23-18-28(23)29(22)25)30(37)31(27)39-34(40-32)45-20-35-10-3-13-42(35)14-4-11-35/h2,5-8,23-24,28,33,44H,1,3-4,9-11,13-20H2/t23-,24+,28+,33?/m1/s1. The summed E-state index contributed by atoms with van der Waals surface area (Å²) >= 11 is 0. The summed E-state index contributed by atoms with van der Waals surface area (Å²) in [6, 6.07) is 11.8. The van der Waals surface area contributed by atoms with E-state index in [4.69, 9.17) is 14.7 Å². The van der Waals surface area contributed by atoms with Crippen LogP contribution in [0, 0.1) is 23.1 Å². The van der Waals surface area contributed by atoms with Gasteiger partial charge in [-0.1, -0.05) is 30.8 Å². The van der Waals surface area contributed by atoms with Crippen molar-refractivity contribution in [3.63, 3.8) is 0 Å². The second-order valence-electron chi connectivity index (χ2n) is 13.6. The molecule has 45 heavy (non-hydrogen) atoms. The van der Waals surface area contributed by atoms with Crippen LogP contribution in [0.25, 0.3) is 22.0 Å². The molecule has 4 fully saturated rings. The third kappa shape index (κ3) is 4.79. The van der Waals surface area contributed by atoms with Gasteiger partial charge in [0.25, 0.3) is 0 Å². The molecule has 2 aliphatic carbocycles. The van der Waals surface area contributed by atoms with E-state index in [2.05, 4.69) is 23.6 Å². The fourth-order valence-electron chi connectivity index (χ4n) is 8.72. The topological polar surface area (TPSA) is 88.8 Å². The summed E-state index contributed by atoms with van der Waals surface area (Å²) in [5.74, 6) is 0.453. The number of rotatable bonds is 8. The highest BCUT2D eigenvalue weighted by molar-refractivity contribution is 5.94. The van der Waals surface area contributed by atoms with Crippen molar-refractivity contribution < 1.29 is 18.6 Å². The number of benzene rings is 2. The first-order valence-electron chi connectivity index (χ1n) is 16.3. The number of ether oxygens (including phenoxy) is 1. The normalized spacial score (nSPS) is 25.9. The minimum atomic E-state index is -1.50. The lowest BCUT2D eigenvalue weighted by atomic mass is 9.93. The lowest BCUT2D eigenvalue weighted by Crippen LogP contribution is -2.57. The van der Waals surface area contributed by atoms with Crippen molar-refractivity contribution in [2.24, 2.45) is 5.92 Å². The van der Waals surface area contributed by atoms with Crippen LogP contribution in [0.3, 0.4) is 0 Å². The van der Waals surface area contributed by atoms with Gasteiger partial charge in [0.05, 0.1) is 18.0 Å². The van der Waals surface area contributed by atoms with Crippen molar-refractivity contribution in [3.05, 3.63) is 59.7 Å². The summed E-state index contributed by atoms with van der Waals surface area (Å²) in [4.78, 5) is 15.6. The Morgan fingerprint density at radius 2 is 1.96 bits per heavy atom. The van der Waals surface area contributed by atoms with Crippen molar-refractivity contribution in [2.75, 3.05) is 44.2 Å². The SMILES string of the molecule is C=C(F)C(O)N1CCN(c2nc(OCC34CCCN3CCC4)nc3c(F)c(-c4cccc5c4[C@H]4C[C@H]4C5)ccc23)C[C@@H]1CC#N. The van der Waals surface area contributed by atoms with E-state index >= 15 is 4.39 Å². The third-order valence-corrected chi connectivity index (χ3v) is 11.1. The van der Waals surface area contributed by atoms with Crippen molar-refractivity contribution in [3.8, 4) is 23.2 Å². The molecule has 0 radical (unpaired) electrons. The maximum atomic E-state index is 16.8. The van der Waals surface area contributed by atoms with Gasteiger partial charge in [-0.05, 0) is 86.2 Å². The Hall–Kier alpha value is -3.65. The van der Waals surface area contributed by atoms with E-state index in [1.807, 2.05) is 29.2 Å². The molecule has 8 nitrogen and oxygen atoms in total. The molecule has 8 rings (SSSR count). The van der Waals surface area contributed by atoms with Crippen LogP contribution >= 0.6 is 0 Å². The highest BCUT2D eigenvalue weighted by Gasteiger charge is 2.47. The molecule has 1 saturated carbocycles. The number of aliphatic hydroxyl groups is 1. The molecule has 4 heterocycles. The lowest BCUT2D eigenvalue weighted by molar-refractivity contribution is -0.0167. The fourth-order valence-corrected chi connectivity index (χ4v) is 8.72. The first kappa shape index (κ1) is 28.8. The highest BCUT2D eigenvalue weighted by Crippen LogP contribution is 2.59. The van der Waals surface area contributed by atoms with Gasteiger partial charge in [-0.2, -0.15) is 15.2 Å². The maximum absolute atomic E-state index is 16.8. The van der Waals surface area contributed by atoms with Crippen LogP contribution < -0.4 is 9.64 Å². The first-order valence-corrected chi connectivity index (χ1v) is 16.3. The van der Waals surface area contributed by atoms with E-state index in [1.54, 1.807) is 4.90 Å². The van der Waals surface area contributed by atoms with Crippen LogP contribution in [0.15, 0.2) is 42.7 Å². The van der Waals surface area contributed by atoms with Gasteiger partial charge < -0.3 is 14.7 Å². The van der Waals surface area contributed by atoms with Gasteiger partial charge in [0.1, 0.15) is 23.8 Å². The van der Waals surface area contributed by atoms with Crippen molar-refractivity contribution >= 4 is 16.7 Å². The Morgan fingerprint density at radius 3 is 2.73 bits per heavy atom. The van der Waals surface area contributed by atoms with Gasteiger partial charge in [-0.3, -0.25) is 9.80 Å². The number of halogens is 2. The first-order chi connectivity index (χ1) is 21.9. The van der Waals surface area contributed by atoms with Crippen molar-refractivity contribution in [1.29, 1.82) is 5.26 Å². The molecule has 1 N–H and O–H groups in total. The van der Waals surface area contributed by atoms with E-state index in [9.17, 15) is 14.8 Å². The minimum absolute atomic E-state index is 0.0291. The summed E-state index contributed by atoms with van der Waals surface area (Å²) in [6.45, 7) is 6.79. The smallest absolute Gasteiger partial charge is 0.319 e. The predicted molar refractivity (Wildman–Crippen MR) is 167 cm³/mol. The third-order valence-electron chi connectivity index (χ3n) is 11.1. The Bertz CT molecular complexity index is 1710.